The van der Waals surface area contributed by atoms with Crippen molar-refractivity contribution in [3.05, 3.63) is 41.0 Å². The lowest BCUT2D eigenvalue weighted by molar-refractivity contribution is -0.0148. The average Bonchev–Trinajstić information content (AvgIpc) is 2.57. The molecule has 0 heterocycles. The summed E-state index contributed by atoms with van der Waals surface area (Å²) in [7, 11) is 0. The first kappa shape index (κ1) is 11.3. The Morgan fingerprint density at radius 3 is 2.62 bits per heavy atom. The number of aryl methyl sites for hydroxylation is 1. The van der Waals surface area contributed by atoms with Crippen LogP contribution in [0.3, 0.4) is 0 Å². The van der Waals surface area contributed by atoms with Gasteiger partial charge in [0.15, 0.2) is 0 Å². The van der Waals surface area contributed by atoms with E-state index in [1.807, 2.05) is 38.1 Å². The quantitative estimate of drug-likeness (QED) is 0.667. The van der Waals surface area contributed by atoms with Gasteiger partial charge in [0.05, 0.1) is 5.92 Å². The minimum Gasteiger partial charge on any atom is -0.207 e. The van der Waals surface area contributed by atoms with Gasteiger partial charge in [-0.2, -0.15) is 0 Å². The maximum atomic E-state index is 13.5. The van der Waals surface area contributed by atoms with Crippen molar-refractivity contribution in [3.63, 3.8) is 0 Å². The number of rotatable bonds is 1. The van der Waals surface area contributed by atoms with Crippen LogP contribution >= 0.6 is 0 Å². The van der Waals surface area contributed by atoms with Crippen LogP contribution in [0.5, 0.6) is 0 Å². The maximum absolute atomic E-state index is 13.5. The molecule has 0 radical (unpaired) electrons. The molecule has 1 unspecified atom stereocenters. The highest BCUT2D eigenvalue weighted by Crippen LogP contribution is 2.45. The van der Waals surface area contributed by atoms with Crippen molar-refractivity contribution < 1.29 is 8.78 Å². The van der Waals surface area contributed by atoms with Gasteiger partial charge >= 0.3 is 0 Å². The van der Waals surface area contributed by atoms with Crippen molar-refractivity contribution in [2.45, 2.75) is 33.1 Å². The van der Waals surface area contributed by atoms with Gasteiger partial charge in [0.25, 0.3) is 5.92 Å². The third-order valence-electron chi connectivity index (χ3n) is 3.37. The smallest absolute Gasteiger partial charge is 0.207 e. The second kappa shape index (κ2) is 3.69. The molecule has 1 aliphatic rings. The van der Waals surface area contributed by atoms with Crippen LogP contribution in [0, 0.1) is 12.8 Å². The number of alkyl halides is 2. The summed E-state index contributed by atoms with van der Waals surface area (Å²) in [5.41, 5.74) is 3.99. The van der Waals surface area contributed by atoms with E-state index in [0.717, 1.165) is 29.2 Å². The van der Waals surface area contributed by atoms with Crippen molar-refractivity contribution in [1.29, 1.82) is 0 Å². The third kappa shape index (κ3) is 1.66. The van der Waals surface area contributed by atoms with Gasteiger partial charge in [0.2, 0.25) is 0 Å². The minimum absolute atomic E-state index is 0.459. The molecule has 1 aromatic rings. The second-order valence-corrected chi connectivity index (χ2v) is 4.57. The number of hydrogen-bond donors (Lipinski definition) is 0. The summed E-state index contributed by atoms with van der Waals surface area (Å²) < 4.78 is 27.0. The Balaban J connectivity index is 2.54. The Labute approximate surface area is 95.0 Å². The summed E-state index contributed by atoms with van der Waals surface area (Å²) in [6.45, 7) is 4.84. The Bertz CT molecular complexity index is 439. The Kier molecular flexibility index (Phi) is 2.61. The Morgan fingerprint density at radius 2 is 2.06 bits per heavy atom. The largest absolute Gasteiger partial charge is 0.252 e. The number of hydrogen-bond acceptors (Lipinski definition) is 0. The molecule has 2 heteroatoms. The van der Waals surface area contributed by atoms with Gasteiger partial charge in [-0.15, -0.1) is 0 Å². The fraction of sp³-hybridized carbons (Fsp3) is 0.429. The van der Waals surface area contributed by atoms with E-state index in [0.29, 0.717) is 6.42 Å². The lowest BCUT2D eigenvalue weighted by atomic mass is 9.92. The first-order valence-corrected chi connectivity index (χ1v) is 5.58. The van der Waals surface area contributed by atoms with Gasteiger partial charge in [-0.1, -0.05) is 24.3 Å². The molecule has 1 aromatic carbocycles. The normalized spacial score (nSPS) is 22.6. The molecule has 0 fully saturated rings. The van der Waals surface area contributed by atoms with Crippen LogP contribution in [-0.2, 0) is 6.42 Å². The lowest BCUT2D eigenvalue weighted by Gasteiger charge is -2.20. The van der Waals surface area contributed by atoms with E-state index in [4.69, 9.17) is 0 Å². The van der Waals surface area contributed by atoms with Crippen LogP contribution in [0.1, 0.15) is 30.5 Å². The molecule has 0 bridgehead atoms. The molecule has 0 saturated heterocycles. The predicted molar refractivity (Wildman–Crippen MR) is 62.6 cm³/mol. The molecule has 0 spiro atoms. The zero-order chi connectivity index (χ0) is 11.9. The summed E-state index contributed by atoms with van der Waals surface area (Å²) in [5, 5.41) is 0. The SMILES string of the molecule is C/C=C1\c2c(C)cccc2CC1C(C)(F)F. The van der Waals surface area contributed by atoms with E-state index < -0.39 is 11.8 Å². The van der Waals surface area contributed by atoms with Crippen LogP contribution in [-0.4, -0.2) is 5.92 Å². The molecule has 0 aliphatic heterocycles. The molecule has 0 amide bonds. The van der Waals surface area contributed by atoms with E-state index in [2.05, 4.69) is 0 Å². The summed E-state index contributed by atoms with van der Waals surface area (Å²) in [4.78, 5) is 0. The summed E-state index contributed by atoms with van der Waals surface area (Å²) >= 11 is 0. The Hall–Kier alpha value is -1.18. The summed E-state index contributed by atoms with van der Waals surface area (Å²) in [6.07, 6.45) is 2.29. The van der Waals surface area contributed by atoms with Crippen LogP contribution in [0.15, 0.2) is 24.3 Å². The molecule has 86 valence electrons. The summed E-state index contributed by atoms with van der Waals surface area (Å²) in [5.74, 6) is -3.30. The van der Waals surface area contributed by atoms with Crippen molar-refractivity contribution >= 4 is 5.57 Å². The van der Waals surface area contributed by atoms with Crippen LogP contribution in [0.4, 0.5) is 8.78 Å². The van der Waals surface area contributed by atoms with Gasteiger partial charge in [0.1, 0.15) is 0 Å². The molecule has 16 heavy (non-hydrogen) atoms. The van der Waals surface area contributed by atoms with Gasteiger partial charge in [-0.05, 0) is 49.5 Å². The molecule has 2 rings (SSSR count). The van der Waals surface area contributed by atoms with Gasteiger partial charge in [-0.3, -0.25) is 0 Å². The highest BCUT2D eigenvalue weighted by Gasteiger charge is 2.41. The molecule has 1 atom stereocenters. The van der Waals surface area contributed by atoms with E-state index in [9.17, 15) is 8.78 Å². The fourth-order valence-corrected chi connectivity index (χ4v) is 2.61. The monoisotopic (exact) mass is 222 g/mol. The number of benzene rings is 1. The lowest BCUT2D eigenvalue weighted by Crippen LogP contribution is -2.24. The van der Waals surface area contributed by atoms with Crippen LogP contribution in [0.2, 0.25) is 0 Å². The highest BCUT2D eigenvalue weighted by atomic mass is 19.3. The van der Waals surface area contributed by atoms with Crippen LogP contribution < -0.4 is 0 Å². The second-order valence-electron chi connectivity index (χ2n) is 4.57. The Morgan fingerprint density at radius 1 is 1.38 bits per heavy atom. The zero-order valence-electron chi connectivity index (χ0n) is 9.85. The average molecular weight is 222 g/mol. The fourth-order valence-electron chi connectivity index (χ4n) is 2.61. The van der Waals surface area contributed by atoms with Gasteiger partial charge in [-0.25, -0.2) is 8.78 Å². The van der Waals surface area contributed by atoms with E-state index in [1.165, 1.54) is 0 Å². The van der Waals surface area contributed by atoms with Crippen molar-refractivity contribution in [2.24, 2.45) is 5.92 Å². The minimum atomic E-state index is -2.65. The topological polar surface area (TPSA) is 0 Å². The number of fused-ring (bicyclic) bond motifs is 1. The highest BCUT2D eigenvalue weighted by molar-refractivity contribution is 5.77. The number of allylic oxidation sites excluding steroid dienone is 2. The molecular weight excluding hydrogens is 206 g/mol. The summed E-state index contributed by atoms with van der Waals surface area (Å²) in [6, 6.07) is 5.88. The first-order valence-electron chi connectivity index (χ1n) is 5.58. The standard InChI is InChI=1S/C14H16F2/c1-4-11-12(14(3,15)16)8-10-7-5-6-9(2)13(10)11/h4-7,12H,8H2,1-3H3/b11-4-. The first-order chi connectivity index (χ1) is 7.45. The van der Waals surface area contributed by atoms with Gasteiger partial charge < -0.3 is 0 Å². The predicted octanol–water partition coefficient (Wildman–Crippen LogP) is 4.23. The van der Waals surface area contributed by atoms with E-state index in [1.54, 1.807) is 0 Å². The number of halogens is 2. The van der Waals surface area contributed by atoms with Crippen LogP contribution in [0.25, 0.3) is 5.57 Å². The molecule has 0 aromatic heterocycles. The molecular formula is C14H16F2. The van der Waals surface area contributed by atoms with Crippen molar-refractivity contribution in [1.82, 2.24) is 0 Å². The van der Waals surface area contributed by atoms with E-state index >= 15 is 0 Å². The maximum Gasteiger partial charge on any atom is 0.252 e. The van der Waals surface area contributed by atoms with E-state index in [-0.39, 0.29) is 0 Å². The van der Waals surface area contributed by atoms with Gasteiger partial charge in [0, 0.05) is 0 Å². The molecule has 0 nitrogen and oxygen atoms in total. The van der Waals surface area contributed by atoms with Crippen molar-refractivity contribution in [2.75, 3.05) is 0 Å². The third-order valence-corrected chi connectivity index (χ3v) is 3.37. The zero-order valence-corrected chi connectivity index (χ0v) is 9.85. The molecule has 1 aliphatic carbocycles. The molecule has 0 N–H and O–H groups in total. The molecule has 0 saturated carbocycles. The van der Waals surface area contributed by atoms with Crippen molar-refractivity contribution in [3.8, 4) is 0 Å².